The van der Waals surface area contributed by atoms with Gasteiger partial charge in [0.05, 0.1) is 12.7 Å². The summed E-state index contributed by atoms with van der Waals surface area (Å²) in [5.74, 6) is -0.440. The van der Waals surface area contributed by atoms with Crippen molar-refractivity contribution in [2.75, 3.05) is 6.61 Å². The Morgan fingerprint density at radius 1 is 1.56 bits per heavy atom. The summed E-state index contributed by atoms with van der Waals surface area (Å²) in [5.41, 5.74) is 0. The third-order valence-electron chi connectivity index (χ3n) is 1.75. The normalized spacial score (nSPS) is 13.2. The van der Waals surface area contributed by atoms with Gasteiger partial charge in [-0.15, -0.1) is 0 Å². The van der Waals surface area contributed by atoms with E-state index in [1.54, 1.807) is 6.92 Å². The average Bonchev–Trinajstić information content (AvgIpc) is 2.15. The van der Waals surface area contributed by atoms with E-state index in [0.29, 0.717) is 12.8 Å². The lowest BCUT2D eigenvalue weighted by Crippen LogP contribution is -2.12. The molecule has 1 unspecified atom stereocenters. The molecule has 7 heteroatoms. The molecule has 0 rings (SSSR count). The summed E-state index contributed by atoms with van der Waals surface area (Å²) in [7, 11) is 0. The molecule has 0 aromatic rings. The summed E-state index contributed by atoms with van der Waals surface area (Å²) in [5, 5.41) is 0. The second kappa shape index (κ2) is 7.92. The second-order valence-corrected chi connectivity index (χ2v) is 5.94. The van der Waals surface area contributed by atoms with Crippen LogP contribution in [0.5, 0.6) is 0 Å². The molecule has 94 valence electrons. The molecular weight excluding hydrogens is 251 g/mol. The molecule has 0 aliphatic carbocycles. The van der Waals surface area contributed by atoms with Crippen molar-refractivity contribution >= 4 is 24.5 Å². The highest BCUT2D eigenvalue weighted by Gasteiger charge is 2.08. The molecule has 0 heterocycles. The summed E-state index contributed by atoms with van der Waals surface area (Å²) < 4.78 is 9.56. The van der Waals surface area contributed by atoms with Crippen molar-refractivity contribution in [2.45, 2.75) is 32.3 Å². The molecule has 0 fully saturated rings. The van der Waals surface area contributed by atoms with E-state index in [1.165, 1.54) is 0 Å². The van der Waals surface area contributed by atoms with Crippen LogP contribution >= 0.6 is 6.72 Å². The van der Waals surface area contributed by atoms with E-state index >= 15 is 0 Å². The largest absolute Gasteiger partial charge is 0.460 e. The van der Waals surface area contributed by atoms with Crippen molar-refractivity contribution in [1.29, 1.82) is 0 Å². The highest BCUT2D eigenvalue weighted by atomic mass is 32.5. The molecule has 0 radical (unpaired) electrons. The van der Waals surface area contributed by atoms with Crippen LogP contribution in [-0.2, 0) is 25.9 Å². The van der Waals surface area contributed by atoms with Crippen LogP contribution in [0.2, 0.25) is 0 Å². The average molecular weight is 268 g/mol. The van der Waals surface area contributed by atoms with E-state index < -0.39 is 12.7 Å². The lowest BCUT2D eigenvalue weighted by atomic mass is 10.2. The van der Waals surface area contributed by atoms with Crippen molar-refractivity contribution in [3.05, 3.63) is 12.7 Å². The number of hydrogen-bond acceptors (Lipinski definition) is 4. The molecule has 0 bridgehead atoms. The number of carbonyl (C=O) groups is 1. The van der Waals surface area contributed by atoms with E-state index in [9.17, 15) is 4.79 Å². The third kappa shape index (κ3) is 10.3. The van der Waals surface area contributed by atoms with Gasteiger partial charge < -0.3 is 19.0 Å². The van der Waals surface area contributed by atoms with Crippen LogP contribution in [0.15, 0.2) is 12.7 Å². The minimum atomic E-state index is -3.52. The van der Waals surface area contributed by atoms with Gasteiger partial charge in [-0.1, -0.05) is 6.58 Å². The summed E-state index contributed by atoms with van der Waals surface area (Å²) >= 11 is 4.28. The highest BCUT2D eigenvalue weighted by molar-refractivity contribution is 8.06. The van der Waals surface area contributed by atoms with Gasteiger partial charge in [0.1, 0.15) is 0 Å². The predicted octanol–water partition coefficient (Wildman–Crippen LogP) is 1.50. The lowest BCUT2D eigenvalue weighted by Gasteiger charge is -2.12. The minimum absolute atomic E-state index is 0.184. The van der Waals surface area contributed by atoms with Crippen LogP contribution in [0, 0.1) is 0 Å². The molecule has 5 nitrogen and oxygen atoms in total. The van der Waals surface area contributed by atoms with Crippen LogP contribution in [0.3, 0.4) is 0 Å². The molecule has 0 aromatic heterocycles. The zero-order chi connectivity index (χ0) is 12.6. The molecule has 2 N–H and O–H groups in total. The van der Waals surface area contributed by atoms with Crippen LogP contribution in [0.1, 0.15) is 26.2 Å². The first-order valence-corrected chi connectivity index (χ1v) is 7.51. The van der Waals surface area contributed by atoms with Gasteiger partial charge in [0.25, 0.3) is 0 Å². The Hall–Kier alpha value is -0.260. The Morgan fingerprint density at radius 2 is 2.19 bits per heavy atom. The smallest absolute Gasteiger partial charge is 0.330 e. The first kappa shape index (κ1) is 15.7. The van der Waals surface area contributed by atoms with E-state index in [4.69, 9.17) is 14.5 Å². The fraction of sp³-hybridized carbons (Fsp3) is 0.667. The summed E-state index contributed by atoms with van der Waals surface area (Å²) in [6.07, 6.45) is 3.00. The number of hydrogen-bond donors (Lipinski definition) is 2. The number of unbranched alkanes of at least 4 members (excludes halogenated alkanes) is 1. The van der Waals surface area contributed by atoms with E-state index in [2.05, 4.69) is 22.9 Å². The maximum Gasteiger partial charge on any atom is 0.330 e. The molecule has 0 spiro atoms. The van der Waals surface area contributed by atoms with Crippen molar-refractivity contribution in [3.63, 3.8) is 0 Å². The first-order chi connectivity index (χ1) is 7.35. The van der Waals surface area contributed by atoms with Gasteiger partial charge in [-0.2, -0.15) is 0 Å². The SMILES string of the molecule is C=CC(=O)OC(C)CCCCOP(O)(O)=S. The van der Waals surface area contributed by atoms with Crippen LogP contribution in [0.4, 0.5) is 0 Å². The quantitative estimate of drug-likeness (QED) is 0.301. The zero-order valence-electron chi connectivity index (χ0n) is 9.16. The zero-order valence-corrected chi connectivity index (χ0v) is 10.9. The molecule has 0 aromatic carbocycles. The van der Waals surface area contributed by atoms with Crippen molar-refractivity contribution < 1.29 is 23.8 Å². The number of carbonyl (C=O) groups excluding carboxylic acids is 1. The molecule has 0 aliphatic rings. The molecular formula is C9H17O5PS. The lowest BCUT2D eigenvalue weighted by molar-refractivity contribution is -0.142. The van der Waals surface area contributed by atoms with E-state index in [-0.39, 0.29) is 12.7 Å². The van der Waals surface area contributed by atoms with Gasteiger partial charge in [-0.3, -0.25) is 0 Å². The Bertz CT molecular complexity index is 275. The van der Waals surface area contributed by atoms with Crippen molar-refractivity contribution in [2.24, 2.45) is 0 Å². The molecule has 0 saturated heterocycles. The van der Waals surface area contributed by atoms with Gasteiger partial charge in [0.15, 0.2) is 0 Å². The summed E-state index contributed by atoms with van der Waals surface area (Å²) in [6.45, 7) is 1.75. The molecule has 16 heavy (non-hydrogen) atoms. The Balaban J connectivity index is 3.48. The molecule has 0 saturated carbocycles. The van der Waals surface area contributed by atoms with Crippen molar-refractivity contribution in [3.8, 4) is 0 Å². The standard InChI is InChI=1S/C9H17O5PS/c1-3-9(10)14-8(2)6-4-5-7-13-15(11,12)16/h3,8H,1,4-7H2,2H3,(H2,11,12,16). The summed E-state index contributed by atoms with van der Waals surface area (Å²) in [4.78, 5) is 28.3. The minimum Gasteiger partial charge on any atom is -0.460 e. The van der Waals surface area contributed by atoms with Gasteiger partial charge in [0.2, 0.25) is 0 Å². The third-order valence-corrected chi connectivity index (χ3v) is 2.58. The molecule has 0 aliphatic heterocycles. The number of rotatable bonds is 8. The summed E-state index contributed by atoms with van der Waals surface area (Å²) in [6, 6.07) is 0. The van der Waals surface area contributed by atoms with E-state index in [1.807, 2.05) is 0 Å². The Morgan fingerprint density at radius 3 is 2.69 bits per heavy atom. The molecule has 1 atom stereocenters. The monoisotopic (exact) mass is 268 g/mol. The first-order valence-electron chi connectivity index (χ1n) is 4.88. The maximum atomic E-state index is 10.8. The van der Waals surface area contributed by atoms with Crippen LogP contribution in [0.25, 0.3) is 0 Å². The van der Waals surface area contributed by atoms with Crippen LogP contribution in [-0.4, -0.2) is 28.5 Å². The molecule has 0 amide bonds. The highest BCUT2D eigenvalue weighted by Crippen LogP contribution is 2.36. The number of esters is 1. The maximum absolute atomic E-state index is 10.8. The van der Waals surface area contributed by atoms with Crippen molar-refractivity contribution in [1.82, 2.24) is 0 Å². The second-order valence-electron chi connectivity index (χ2n) is 3.27. The Labute approximate surface area is 100 Å². The predicted molar refractivity (Wildman–Crippen MR) is 64.3 cm³/mol. The van der Waals surface area contributed by atoms with Crippen LogP contribution < -0.4 is 0 Å². The fourth-order valence-electron chi connectivity index (χ4n) is 1.02. The number of ether oxygens (including phenoxy) is 1. The van der Waals surface area contributed by atoms with Gasteiger partial charge in [-0.05, 0) is 38.0 Å². The van der Waals surface area contributed by atoms with Gasteiger partial charge in [-0.25, -0.2) is 4.79 Å². The fourth-order valence-corrected chi connectivity index (χ4v) is 1.61. The van der Waals surface area contributed by atoms with E-state index in [0.717, 1.165) is 12.5 Å². The Kier molecular flexibility index (Phi) is 7.80. The van der Waals surface area contributed by atoms with Gasteiger partial charge in [0, 0.05) is 6.08 Å². The van der Waals surface area contributed by atoms with Gasteiger partial charge >= 0.3 is 12.7 Å². The topological polar surface area (TPSA) is 76.0 Å².